The number of carboxylic acids is 1. The lowest BCUT2D eigenvalue weighted by Gasteiger charge is -2.09. The smallest absolute Gasteiger partial charge is 0.385 e. The van der Waals surface area contributed by atoms with E-state index in [1.54, 1.807) is 12.1 Å². The number of aromatic carboxylic acids is 1. The standard InChI is InChI=1S/C8H10N3.C7H6O6S/c1-11(2)8-5-3-7(10-9)4-6-8;8-6-2-1-4(14(11,12)13)3-5(6)7(9)10/h3-6H,1-2H3;1-3,8H,(H,9,10)(H,11,12,13)/q+1;/p-1. The monoisotopic (exact) mass is 365 g/mol. The molecular formula is C15H15N3O6S. The summed E-state index contributed by atoms with van der Waals surface area (Å²) in [6, 6.07) is 9.53. The van der Waals surface area contributed by atoms with Gasteiger partial charge in [-0.15, -0.1) is 0 Å². The maximum absolute atomic E-state index is 10.9. The van der Waals surface area contributed by atoms with Gasteiger partial charge >= 0.3 is 11.7 Å². The minimum atomic E-state index is -4.48. The van der Waals surface area contributed by atoms with Crippen molar-refractivity contribution >= 4 is 27.5 Å². The molecule has 10 heteroatoms. The molecule has 0 aliphatic rings. The molecule has 2 aromatic rings. The number of rotatable bonds is 3. The van der Waals surface area contributed by atoms with Crippen LogP contribution < -0.4 is 10.0 Å². The van der Waals surface area contributed by atoms with Gasteiger partial charge in [-0.05, 0) is 24.3 Å². The highest BCUT2D eigenvalue weighted by molar-refractivity contribution is 7.85. The Morgan fingerprint density at radius 2 is 1.72 bits per heavy atom. The molecule has 9 nitrogen and oxygen atoms in total. The number of hydrogen-bond acceptors (Lipinski definition) is 6. The zero-order valence-electron chi connectivity index (χ0n) is 13.3. The molecule has 0 radical (unpaired) electrons. The van der Waals surface area contributed by atoms with Gasteiger partial charge in [0.05, 0.1) is 10.5 Å². The largest absolute Gasteiger partial charge is 0.872 e. The van der Waals surface area contributed by atoms with E-state index in [1.165, 1.54) is 0 Å². The summed E-state index contributed by atoms with van der Waals surface area (Å²) in [5.41, 5.74) is 0.980. The number of diazo groups is 1. The van der Waals surface area contributed by atoms with E-state index < -0.39 is 32.3 Å². The summed E-state index contributed by atoms with van der Waals surface area (Å²) >= 11 is 0. The van der Waals surface area contributed by atoms with Crippen LogP contribution in [0.2, 0.25) is 0 Å². The van der Waals surface area contributed by atoms with Gasteiger partial charge < -0.3 is 15.1 Å². The number of hydrogen-bond donors (Lipinski definition) is 2. The molecule has 0 spiro atoms. The van der Waals surface area contributed by atoms with E-state index in [4.69, 9.17) is 15.1 Å². The predicted molar refractivity (Wildman–Crippen MR) is 88.2 cm³/mol. The Balaban J connectivity index is 0.000000257. The zero-order valence-corrected chi connectivity index (χ0v) is 14.1. The molecule has 0 atom stereocenters. The fourth-order valence-corrected chi connectivity index (χ4v) is 2.16. The molecule has 0 bridgehead atoms. The minimum Gasteiger partial charge on any atom is -0.872 e. The van der Waals surface area contributed by atoms with Gasteiger partial charge in [-0.1, -0.05) is 11.8 Å². The fourth-order valence-electron chi connectivity index (χ4n) is 1.65. The Kier molecular flexibility index (Phi) is 6.44. The molecule has 25 heavy (non-hydrogen) atoms. The highest BCUT2D eigenvalue weighted by Gasteiger charge is 2.13. The third kappa shape index (κ3) is 5.76. The molecule has 2 N–H and O–H groups in total. The molecular weight excluding hydrogens is 350 g/mol. The van der Waals surface area contributed by atoms with Crippen molar-refractivity contribution in [3.05, 3.63) is 53.0 Å². The molecule has 132 valence electrons. The summed E-state index contributed by atoms with van der Waals surface area (Å²) in [4.78, 5) is 14.8. The Hall–Kier alpha value is -3.16. The topological polar surface area (TPSA) is 146 Å². The van der Waals surface area contributed by atoms with E-state index in [2.05, 4.69) is 4.98 Å². The van der Waals surface area contributed by atoms with Crippen molar-refractivity contribution in [2.75, 3.05) is 19.0 Å². The molecule has 2 rings (SSSR count). The van der Waals surface area contributed by atoms with Gasteiger partial charge in [0.1, 0.15) is 0 Å². The maximum atomic E-state index is 10.9. The normalized spacial score (nSPS) is 10.2. The summed E-state index contributed by atoms with van der Waals surface area (Å²) in [6.45, 7) is 0. The van der Waals surface area contributed by atoms with E-state index in [0.717, 1.165) is 17.8 Å². The highest BCUT2D eigenvalue weighted by atomic mass is 32.2. The van der Waals surface area contributed by atoms with Crippen LogP contribution in [-0.4, -0.2) is 38.1 Å². The van der Waals surface area contributed by atoms with Gasteiger partial charge in [0.2, 0.25) is 5.39 Å². The summed E-state index contributed by atoms with van der Waals surface area (Å²) < 4.78 is 29.7. The van der Waals surface area contributed by atoms with Gasteiger partial charge in [0, 0.05) is 31.9 Å². The van der Waals surface area contributed by atoms with Crippen molar-refractivity contribution in [1.82, 2.24) is 0 Å². The first-order valence-electron chi connectivity index (χ1n) is 6.70. The van der Waals surface area contributed by atoms with Gasteiger partial charge in [0.15, 0.2) is 4.98 Å². The lowest BCUT2D eigenvalue weighted by molar-refractivity contribution is -0.268. The van der Waals surface area contributed by atoms with Crippen LogP contribution in [0.1, 0.15) is 10.4 Å². The zero-order chi connectivity index (χ0) is 19.2. The van der Waals surface area contributed by atoms with Gasteiger partial charge in [0.25, 0.3) is 10.1 Å². The molecule has 0 amide bonds. The third-order valence-corrected chi connectivity index (χ3v) is 3.81. The van der Waals surface area contributed by atoms with E-state index in [-0.39, 0.29) is 0 Å². The fraction of sp³-hybridized carbons (Fsp3) is 0.133. The molecule has 0 saturated heterocycles. The van der Waals surface area contributed by atoms with Crippen LogP contribution in [0.5, 0.6) is 5.75 Å². The third-order valence-electron chi connectivity index (χ3n) is 2.96. The molecule has 0 aliphatic heterocycles. The van der Waals surface area contributed by atoms with Gasteiger partial charge in [-0.25, -0.2) is 4.79 Å². The quantitative estimate of drug-likeness (QED) is 0.619. The average Bonchev–Trinajstić information content (AvgIpc) is 2.54. The van der Waals surface area contributed by atoms with Crippen molar-refractivity contribution in [2.45, 2.75) is 4.90 Å². The number of anilines is 1. The summed E-state index contributed by atoms with van der Waals surface area (Å²) in [5, 5.41) is 27.7. The number of carbonyl (C=O) groups is 1. The lowest BCUT2D eigenvalue weighted by Crippen LogP contribution is -2.07. The highest BCUT2D eigenvalue weighted by Crippen LogP contribution is 2.19. The molecule has 0 fully saturated rings. The van der Waals surface area contributed by atoms with E-state index in [1.807, 2.05) is 31.1 Å². The summed E-state index contributed by atoms with van der Waals surface area (Å²) in [5.74, 6) is -2.36. The van der Waals surface area contributed by atoms with E-state index >= 15 is 0 Å². The summed E-state index contributed by atoms with van der Waals surface area (Å²) in [7, 11) is -0.551. The van der Waals surface area contributed by atoms with Crippen LogP contribution in [0.3, 0.4) is 0 Å². The first-order valence-corrected chi connectivity index (χ1v) is 8.14. The van der Waals surface area contributed by atoms with Crippen molar-refractivity contribution in [1.29, 1.82) is 5.39 Å². The van der Waals surface area contributed by atoms with E-state index in [0.29, 0.717) is 11.8 Å². The van der Waals surface area contributed by atoms with Gasteiger partial charge in [-0.3, -0.25) is 4.55 Å². The van der Waals surface area contributed by atoms with Crippen molar-refractivity contribution in [3.8, 4) is 5.75 Å². The van der Waals surface area contributed by atoms with Crippen LogP contribution in [0.15, 0.2) is 47.4 Å². The van der Waals surface area contributed by atoms with Crippen LogP contribution in [0, 0.1) is 5.39 Å². The SMILES string of the molecule is CN(C)c1ccc([N+]#N)cc1.O=C(O)c1cc(S(=O)(=O)O)ccc1[O-]. The molecule has 2 aromatic carbocycles. The second-order valence-corrected chi connectivity index (χ2v) is 6.37. The lowest BCUT2D eigenvalue weighted by atomic mass is 10.2. The molecule has 0 saturated carbocycles. The van der Waals surface area contributed by atoms with Crippen molar-refractivity contribution < 1.29 is 28.0 Å². The Labute approximate surface area is 144 Å². The molecule has 0 unspecified atom stereocenters. The second kappa shape index (κ2) is 8.09. The predicted octanol–water partition coefficient (Wildman–Crippen LogP) is 1.94. The number of benzene rings is 2. The first kappa shape index (κ1) is 19.9. The van der Waals surface area contributed by atoms with Crippen LogP contribution in [-0.2, 0) is 10.1 Å². The van der Waals surface area contributed by atoms with Gasteiger partial charge in [-0.2, -0.15) is 8.42 Å². The van der Waals surface area contributed by atoms with E-state index in [9.17, 15) is 18.3 Å². The first-order chi connectivity index (χ1) is 11.6. The minimum absolute atomic E-state index is 0.579. The van der Waals surface area contributed by atoms with Crippen LogP contribution in [0.4, 0.5) is 11.4 Å². The molecule has 0 aromatic heterocycles. The number of carboxylic acid groups (broad SMARTS) is 1. The Morgan fingerprint density at radius 3 is 2.12 bits per heavy atom. The maximum Gasteiger partial charge on any atom is 0.385 e. The van der Waals surface area contributed by atoms with Crippen LogP contribution in [0.25, 0.3) is 4.98 Å². The summed E-state index contributed by atoms with van der Waals surface area (Å²) in [6.07, 6.45) is 0. The molecule has 0 heterocycles. The Morgan fingerprint density at radius 1 is 1.16 bits per heavy atom. The second-order valence-electron chi connectivity index (χ2n) is 4.95. The average molecular weight is 365 g/mol. The Bertz CT molecular complexity index is 902. The van der Waals surface area contributed by atoms with Crippen molar-refractivity contribution in [2.24, 2.45) is 0 Å². The van der Waals surface area contributed by atoms with Crippen molar-refractivity contribution in [3.63, 3.8) is 0 Å². The van der Waals surface area contributed by atoms with Crippen LogP contribution >= 0.6 is 0 Å². The number of nitrogens with zero attached hydrogens (tertiary/aromatic N) is 3. The molecule has 0 aliphatic carbocycles.